The van der Waals surface area contributed by atoms with Gasteiger partial charge in [0.1, 0.15) is 11.6 Å². The van der Waals surface area contributed by atoms with Crippen LogP contribution in [0.4, 0.5) is 4.79 Å². The van der Waals surface area contributed by atoms with Crippen molar-refractivity contribution in [3.8, 4) is 5.75 Å². The first-order valence-corrected chi connectivity index (χ1v) is 6.11. The molecule has 0 aromatic heterocycles. The number of hydrogen-bond acceptors (Lipinski definition) is 5. The van der Waals surface area contributed by atoms with Gasteiger partial charge in [-0.05, 0) is 6.07 Å². The zero-order valence-electron chi connectivity index (χ0n) is 9.14. The first kappa shape index (κ1) is 10.5. The Morgan fingerprint density at radius 3 is 3.06 bits per heavy atom. The summed E-state index contributed by atoms with van der Waals surface area (Å²) in [5.74, 6) is 1.51. The van der Waals surface area contributed by atoms with Gasteiger partial charge in [0.15, 0.2) is 0 Å². The zero-order chi connectivity index (χ0) is 11.8. The Balaban J connectivity index is 1.94. The van der Waals surface area contributed by atoms with Gasteiger partial charge in [0.05, 0.1) is 18.4 Å². The second kappa shape index (κ2) is 3.96. The quantitative estimate of drug-likeness (QED) is 0.833. The number of ether oxygens (including phenoxy) is 1. The topological polar surface area (TPSA) is 62.7 Å². The van der Waals surface area contributed by atoms with Crippen LogP contribution in [0.3, 0.4) is 0 Å². The molecule has 1 aromatic rings. The van der Waals surface area contributed by atoms with E-state index in [-0.39, 0.29) is 16.5 Å². The van der Waals surface area contributed by atoms with E-state index in [4.69, 9.17) is 4.74 Å². The first-order valence-electron chi connectivity index (χ1n) is 5.23. The van der Waals surface area contributed by atoms with Crippen molar-refractivity contribution in [1.29, 1.82) is 0 Å². The fourth-order valence-electron chi connectivity index (χ4n) is 2.06. The van der Waals surface area contributed by atoms with Crippen LogP contribution in [0.25, 0.3) is 0 Å². The number of para-hydroxylation sites is 1. The maximum absolute atomic E-state index is 11.3. The van der Waals surface area contributed by atoms with Crippen molar-refractivity contribution >= 4 is 22.8 Å². The largest absolute Gasteiger partial charge is 0.496 e. The fourth-order valence-corrected chi connectivity index (χ4v) is 3.02. The van der Waals surface area contributed by atoms with Crippen LogP contribution in [0.1, 0.15) is 11.6 Å². The summed E-state index contributed by atoms with van der Waals surface area (Å²) in [6, 6.07) is 7.74. The molecule has 0 bridgehead atoms. The van der Waals surface area contributed by atoms with Crippen molar-refractivity contribution in [2.24, 2.45) is 5.10 Å². The van der Waals surface area contributed by atoms with Crippen LogP contribution >= 0.6 is 11.8 Å². The van der Waals surface area contributed by atoms with E-state index in [1.54, 1.807) is 7.11 Å². The van der Waals surface area contributed by atoms with E-state index in [1.165, 1.54) is 11.8 Å². The average Bonchev–Trinajstić information content (AvgIpc) is 2.87. The highest BCUT2D eigenvalue weighted by atomic mass is 32.2. The minimum Gasteiger partial charge on any atom is -0.496 e. The molecule has 0 radical (unpaired) electrons. The van der Waals surface area contributed by atoms with E-state index in [2.05, 4.69) is 15.8 Å². The lowest BCUT2D eigenvalue weighted by Gasteiger charge is -2.17. The molecule has 2 heterocycles. The first-order chi connectivity index (χ1) is 8.29. The Kier molecular flexibility index (Phi) is 2.44. The second-order valence-corrected chi connectivity index (χ2v) is 4.91. The highest BCUT2D eigenvalue weighted by Crippen LogP contribution is 2.38. The molecule has 1 aromatic carbocycles. The predicted octanol–water partition coefficient (Wildman–Crippen LogP) is 1.48. The predicted molar refractivity (Wildman–Crippen MR) is 66.2 cm³/mol. The average molecular weight is 249 g/mol. The molecule has 6 heteroatoms. The van der Waals surface area contributed by atoms with E-state index in [9.17, 15) is 4.79 Å². The highest BCUT2D eigenvalue weighted by Gasteiger charge is 2.42. The number of hydrazone groups is 1. The van der Waals surface area contributed by atoms with Crippen LogP contribution in [0.2, 0.25) is 0 Å². The molecule has 0 saturated carbocycles. The van der Waals surface area contributed by atoms with Crippen molar-refractivity contribution in [1.82, 2.24) is 10.7 Å². The lowest BCUT2D eigenvalue weighted by Crippen LogP contribution is -2.25. The number of fused-ring (bicyclic) bond motifs is 1. The molecule has 5 nitrogen and oxygen atoms in total. The van der Waals surface area contributed by atoms with Crippen LogP contribution in [-0.2, 0) is 0 Å². The number of nitrogens with zero attached hydrogens (tertiary/aromatic N) is 1. The van der Waals surface area contributed by atoms with E-state index in [0.29, 0.717) is 5.84 Å². The number of amides is 1. The van der Waals surface area contributed by atoms with Gasteiger partial charge in [-0.2, -0.15) is 5.10 Å². The molecule has 17 heavy (non-hydrogen) atoms. The summed E-state index contributed by atoms with van der Waals surface area (Å²) in [6.07, 6.45) is 0. The molecule has 2 N–H and O–H groups in total. The maximum atomic E-state index is 11.3. The molecule has 0 unspecified atom stereocenters. The van der Waals surface area contributed by atoms with Gasteiger partial charge in [-0.3, -0.25) is 10.2 Å². The van der Waals surface area contributed by atoms with Crippen LogP contribution in [0, 0.1) is 0 Å². The summed E-state index contributed by atoms with van der Waals surface area (Å²) < 4.78 is 5.33. The molecular weight excluding hydrogens is 238 g/mol. The summed E-state index contributed by atoms with van der Waals surface area (Å²) in [7, 11) is 1.64. The van der Waals surface area contributed by atoms with Crippen molar-refractivity contribution < 1.29 is 9.53 Å². The number of rotatable bonds is 2. The molecule has 2 atom stereocenters. The normalized spacial score (nSPS) is 25.9. The number of carbonyl (C=O) groups excluding carboxylic acids is 1. The van der Waals surface area contributed by atoms with Crippen LogP contribution in [0.15, 0.2) is 29.4 Å². The Hall–Kier alpha value is -1.69. The Morgan fingerprint density at radius 2 is 2.24 bits per heavy atom. The van der Waals surface area contributed by atoms with Crippen LogP contribution < -0.4 is 15.5 Å². The fraction of sp³-hybridized carbons (Fsp3) is 0.273. The lowest BCUT2D eigenvalue weighted by atomic mass is 10.0. The third-order valence-electron chi connectivity index (χ3n) is 2.83. The molecular formula is C11H11N3O2S. The van der Waals surface area contributed by atoms with Crippen molar-refractivity contribution in [2.75, 3.05) is 7.11 Å². The molecule has 3 rings (SSSR count). The van der Waals surface area contributed by atoms with Gasteiger partial charge in [-0.15, -0.1) is 0 Å². The van der Waals surface area contributed by atoms with Gasteiger partial charge < -0.3 is 10.1 Å². The number of methoxy groups -OCH3 is 1. The number of nitrogens with one attached hydrogen (secondary N) is 2. The number of carbonyl (C=O) groups is 1. The highest BCUT2D eigenvalue weighted by molar-refractivity contribution is 8.15. The maximum Gasteiger partial charge on any atom is 0.285 e. The molecule has 1 amide bonds. The summed E-state index contributed by atoms with van der Waals surface area (Å²) in [5, 5.41) is 6.83. The second-order valence-electron chi connectivity index (χ2n) is 3.80. The SMILES string of the molecule is COc1ccccc1[C@H]1NN=C2NC(=O)S[C@@H]21. The Labute approximate surface area is 103 Å². The summed E-state index contributed by atoms with van der Waals surface area (Å²) >= 11 is 1.26. The van der Waals surface area contributed by atoms with Gasteiger partial charge >= 0.3 is 0 Å². The zero-order valence-corrected chi connectivity index (χ0v) is 9.95. The van der Waals surface area contributed by atoms with Crippen LogP contribution in [-0.4, -0.2) is 23.4 Å². The molecule has 2 aliphatic heterocycles. The van der Waals surface area contributed by atoms with Crippen molar-refractivity contribution in [3.63, 3.8) is 0 Å². The number of thioether (sulfide) groups is 1. The molecule has 88 valence electrons. The van der Waals surface area contributed by atoms with Gasteiger partial charge in [0.2, 0.25) is 0 Å². The third-order valence-corrected chi connectivity index (χ3v) is 3.90. The van der Waals surface area contributed by atoms with Gasteiger partial charge in [-0.25, -0.2) is 0 Å². The lowest BCUT2D eigenvalue weighted by molar-refractivity contribution is 0.265. The minimum atomic E-state index is -0.0462. The van der Waals surface area contributed by atoms with Gasteiger partial charge in [0, 0.05) is 5.56 Å². The van der Waals surface area contributed by atoms with Crippen LogP contribution in [0.5, 0.6) is 5.75 Å². The van der Waals surface area contributed by atoms with Gasteiger partial charge in [-0.1, -0.05) is 30.0 Å². The molecule has 2 aliphatic rings. The summed E-state index contributed by atoms with van der Waals surface area (Å²) in [6.45, 7) is 0. The van der Waals surface area contributed by atoms with E-state index >= 15 is 0 Å². The molecule has 1 saturated heterocycles. The monoisotopic (exact) mass is 249 g/mol. The standard InChI is InChI=1S/C11H11N3O2S/c1-16-7-5-3-2-4-6(7)8-9-10(14-13-8)12-11(15)17-9/h2-5,8-9,13H,1H3,(H,12,14,15)/t8-,9-/m1/s1. The third kappa shape index (κ3) is 1.64. The van der Waals surface area contributed by atoms with E-state index in [0.717, 1.165) is 11.3 Å². The summed E-state index contributed by atoms with van der Waals surface area (Å²) in [4.78, 5) is 11.3. The number of hydrogen-bond donors (Lipinski definition) is 2. The molecule has 0 spiro atoms. The Bertz CT molecular complexity index is 503. The van der Waals surface area contributed by atoms with Crippen molar-refractivity contribution in [3.05, 3.63) is 29.8 Å². The smallest absolute Gasteiger partial charge is 0.285 e. The Morgan fingerprint density at radius 1 is 1.41 bits per heavy atom. The number of benzene rings is 1. The molecule has 1 fully saturated rings. The number of amidine groups is 1. The van der Waals surface area contributed by atoms with Crippen molar-refractivity contribution in [2.45, 2.75) is 11.3 Å². The van der Waals surface area contributed by atoms with E-state index in [1.807, 2.05) is 24.3 Å². The minimum absolute atomic E-state index is 0.0128. The van der Waals surface area contributed by atoms with E-state index < -0.39 is 0 Å². The molecule has 0 aliphatic carbocycles. The van der Waals surface area contributed by atoms with Gasteiger partial charge in [0.25, 0.3) is 5.24 Å². The summed E-state index contributed by atoms with van der Waals surface area (Å²) in [5.41, 5.74) is 4.06.